The fraction of sp³-hybridized carbons (Fsp3) is 0.444. The number of aryl methyl sites for hydroxylation is 1. The molecule has 0 radical (unpaired) electrons. The Morgan fingerprint density at radius 2 is 1.73 bits per heavy atom. The third-order valence-corrected chi connectivity index (χ3v) is 5.10. The largest absolute Gasteiger partial charge is 0.481 e. The van der Waals surface area contributed by atoms with Crippen molar-refractivity contribution in [3.8, 4) is 11.1 Å². The smallest absolute Gasteiger partial charge is 0.344 e. The number of rotatable bonds is 8. The van der Waals surface area contributed by atoms with Crippen molar-refractivity contribution in [2.24, 2.45) is 0 Å². The van der Waals surface area contributed by atoms with Crippen LogP contribution < -0.4 is 15.5 Å². The number of aromatic amines is 1. The molecule has 0 saturated heterocycles. The van der Waals surface area contributed by atoms with E-state index in [1.54, 1.807) is 0 Å². The fourth-order valence-electron chi connectivity index (χ4n) is 3.37. The fourth-order valence-corrected chi connectivity index (χ4v) is 3.37. The lowest BCUT2D eigenvalue weighted by molar-refractivity contribution is -0.387. The molecule has 2 N–H and O–H groups in total. The molecule has 0 aliphatic rings. The van der Waals surface area contributed by atoms with Gasteiger partial charge in [-0.25, -0.2) is 9.78 Å². The molecule has 1 aromatic carbocycles. The summed E-state index contributed by atoms with van der Waals surface area (Å²) >= 11 is 0. The van der Waals surface area contributed by atoms with Crippen molar-refractivity contribution in [1.29, 1.82) is 0 Å². The van der Waals surface area contributed by atoms with Gasteiger partial charge >= 0.3 is 11.6 Å². The molecule has 0 spiro atoms. The van der Waals surface area contributed by atoms with Gasteiger partial charge in [0.1, 0.15) is 5.58 Å². The van der Waals surface area contributed by atoms with Crippen LogP contribution in [0.5, 0.6) is 0 Å². The Morgan fingerprint density at radius 1 is 1.03 bits per heavy atom. The van der Waals surface area contributed by atoms with E-state index in [2.05, 4.69) is 36.7 Å². The first-order chi connectivity index (χ1) is 15.9. The number of aliphatic carboxylic acids is 1. The molecule has 6 nitrogen and oxygen atoms in total. The van der Waals surface area contributed by atoms with Gasteiger partial charge in [-0.05, 0) is 38.5 Å². The zero-order valence-electron chi connectivity index (χ0n) is 20.9. The van der Waals surface area contributed by atoms with Gasteiger partial charge in [0, 0.05) is 61.3 Å². The van der Waals surface area contributed by atoms with Gasteiger partial charge < -0.3 is 14.4 Å². The highest BCUT2D eigenvalue weighted by atomic mass is 16.4. The lowest BCUT2D eigenvalue weighted by Gasteiger charge is -2.21. The van der Waals surface area contributed by atoms with Crippen molar-refractivity contribution in [3.05, 3.63) is 58.7 Å². The highest BCUT2D eigenvalue weighted by molar-refractivity contribution is 5.84. The van der Waals surface area contributed by atoms with Gasteiger partial charge in [-0.1, -0.05) is 33.6 Å². The number of aromatic nitrogens is 1. The Kier molecular flexibility index (Phi) is 12.5. The Bertz CT molecular complexity index is 1060. The first kappa shape index (κ1) is 27.9. The Hall–Kier alpha value is -3.15. The van der Waals surface area contributed by atoms with Crippen LogP contribution in [0.4, 0.5) is 5.69 Å². The normalized spacial score (nSPS) is 10.0. The van der Waals surface area contributed by atoms with Gasteiger partial charge in [0.15, 0.2) is 11.9 Å². The van der Waals surface area contributed by atoms with Crippen molar-refractivity contribution in [2.75, 3.05) is 18.0 Å². The van der Waals surface area contributed by atoms with Crippen LogP contribution in [0.3, 0.4) is 0 Å². The summed E-state index contributed by atoms with van der Waals surface area (Å²) < 4.78 is 5.57. The average molecular weight is 456 g/mol. The number of unbranched alkanes of at least 4 members (excludes halogenated alkanes) is 2. The van der Waals surface area contributed by atoms with Crippen LogP contribution in [-0.4, -0.2) is 24.2 Å². The van der Waals surface area contributed by atoms with E-state index in [0.717, 1.165) is 54.7 Å². The third kappa shape index (κ3) is 8.72. The molecule has 0 fully saturated rings. The van der Waals surface area contributed by atoms with Crippen molar-refractivity contribution >= 4 is 22.6 Å². The third-order valence-electron chi connectivity index (χ3n) is 5.10. The number of H-pyrrole nitrogens is 1. The number of carbonyl (C=O) groups is 1. The Morgan fingerprint density at radius 3 is 2.30 bits per heavy atom. The molecule has 3 rings (SSSR count). The van der Waals surface area contributed by atoms with Crippen molar-refractivity contribution in [1.82, 2.24) is 0 Å². The number of hydrogen-bond donors (Lipinski definition) is 1. The highest BCUT2D eigenvalue weighted by Crippen LogP contribution is 2.25. The monoisotopic (exact) mass is 455 g/mol. The van der Waals surface area contributed by atoms with E-state index in [1.165, 1.54) is 0 Å². The van der Waals surface area contributed by atoms with E-state index in [1.807, 2.05) is 57.3 Å². The summed E-state index contributed by atoms with van der Waals surface area (Å²) in [5.41, 5.74) is 3.85. The summed E-state index contributed by atoms with van der Waals surface area (Å²) in [5, 5.41) is 9.07. The Labute approximate surface area is 197 Å². The molecular weight excluding hydrogens is 416 g/mol. The second-order valence-corrected chi connectivity index (χ2v) is 7.45. The predicted octanol–water partition coefficient (Wildman–Crippen LogP) is 6.11. The number of pyridine rings is 1. The maximum absolute atomic E-state index is 12.4. The van der Waals surface area contributed by atoms with Crippen LogP contribution in [0.15, 0.2) is 51.8 Å². The number of nitrogens with one attached hydrogen (secondary N) is 1. The first-order valence-electron chi connectivity index (χ1n) is 11.9. The van der Waals surface area contributed by atoms with Gasteiger partial charge in [-0.3, -0.25) is 4.79 Å². The molecule has 0 amide bonds. The van der Waals surface area contributed by atoms with Crippen molar-refractivity contribution < 1.29 is 19.3 Å². The van der Waals surface area contributed by atoms with Crippen LogP contribution in [-0.2, 0) is 4.79 Å². The van der Waals surface area contributed by atoms with Gasteiger partial charge in [0.2, 0.25) is 0 Å². The molecule has 0 aliphatic carbocycles. The van der Waals surface area contributed by atoms with E-state index in [4.69, 9.17) is 9.52 Å². The van der Waals surface area contributed by atoms with Gasteiger partial charge in [0.25, 0.3) is 0 Å². The van der Waals surface area contributed by atoms with E-state index in [0.29, 0.717) is 17.6 Å². The molecule has 0 unspecified atom stereocenters. The number of fused-ring (bicyclic) bond motifs is 1. The molecule has 0 bridgehead atoms. The first-order valence-corrected chi connectivity index (χ1v) is 11.9. The van der Waals surface area contributed by atoms with Gasteiger partial charge in [-0.2, -0.15) is 0 Å². The summed E-state index contributed by atoms with van der Waals surface area (Å²) in [5.74, 6) is -0.682. The molecule has 2 aromatic heterocycles. The van der Waals surface area contributed by atoms with Crippen LogP contribution in [0.2, 0.25) is 0 Å². The SMILES string of the molecule is CC.CCCCCC(=O)O.CCN(CC)c1ccc2cc(-c3cc[nH+]c(C)c3)c(=O)oc2c1. The van der Waals surface area contributed by atoms with Crippen LogP contribution in [0.25, 0.3) is 22.1 Å². The number of anilines is 1. The zero-order chi connectivity index (χ0) is 24.8. The van der Waals surface area contributed by atoms with Crippen LogP contribution in [0.1, 0.15) is 66.0 Å². The minimum Gasteiger partial charge on any atom is -0.481 e. The molecule has 2 heterocycles. The van der Waals surface area contributed by atoms with Gasteiger partial charge in [0.05, 0.1) is 5.56 Å². The van der Waals surface area contributed by atoms with Crippen LogP contribution >= 0.6 is 0 Å². The van der Waals surface area contributed by atoms with E-state index in [-0.39, 0.29) is 5.63 Å². The van der Waals surface area contributed by atoms with Crippen LogP contribution in [0, 0.1) is 6.92 Å². The number of carboxylic acids is 1. The maximum atomic E-state index is 12.4. The second-order valence-electron chi connectivity index (χ2n) is 7.45. The summed E-state index contributed by atoms with van der Waals surface area (Å²) in [6.07, 6.45) is 5.11. The number of benzene rings is 1. The quantitative estimate of drug-likeness (QED) is 0.327. The number of nitrogens with zero attached hydrogens (tertiary/aromatic N) is 1. The molecule has 0 atom stereocenters. The Balaban J connectivity index is 0.000000464. The molecule has 0 aliphatic heterocycles. The molecule has 180 valence electrons. The van der Waals surface area contributed by atoms with Gasteiger partial charge in [-0.15, -0.1) is 0 Å². The standard InChI is InChI=1S/C19H20N2O2.C6H12O2.C2H6/c1-4-21(5-2)16-7-6-15-11-17(19(22)23-18(15)12-16)14-8-9-20-13(3)10-14;1-2-3-4-5-6(7)8;1-2/h6-12H,4-5H2,1-3H3;2-5H2,1H3,(H,7,8);1-2H3/p+1. The zero-order valence-corrected chi connectivity index (χ0v) is 20.9. The van der Waals surface area contributed by atoms with E-state index < -0.39 is 5.97 Å². The van der Waals surface area contributed by atoms with Crippen molar-refractivity contribution in [3.63, 3.8) is 0 Å². The highest BCUT2D eigenvalue weighted by Gasteiger charge is 2.11. The topological polar surface area (TPSA) is 84.9 Å². The maximum Gasteiger partial charge on any atom is 0.344 e. The molecule has 33 heavy (non-hydrogen) atoms. The predicted molar refractivity (Wildman–Crippen MR) is 136 cm³/mol. The van der Waals surface area contributed by atoms with Crippen molar-refractivity contribution in [2.45, 2.75) is 67.2 Å². The molecular formula is C27H39N2O4+. The average Bonchev–Trinajstić information content (AvgIpc) is 2.81. The summed E-state index contributed by atoms with van der Waals surface area (Å²) in [4.78, 5) is 27.6. The summed E-state index contributed by atoms with van der Waals surface area (Å²) in [6, 6.07) is 11.8. The number of hydrogen-bond acceptors (Lipinski definition) is 4. The lowest BCUT2D eigenvalue weighted by atomic mass is 10.1. The number of carboxylic acid groups (broad SMARTS) is 1. The second kappa shape index (κ2) is 14.8. The lowest BCUT2D eigenvalue weighted by Crippen LogP contribution is -2.21. The molecule has 6 heteroatoms. The van der Waals surface area contributed by atoms with E-state index >= 15 is 0 Å². The minimum absolute atomic E-state index is 0.306. The summed E-state index contributed by atoms with van der Waals surface area (Å²) in [6.45, 7) is 14.1. The molecule has 3 aromatic rings. The van der Waals surface area contributed by atoms with E-state index in [9.17, 15) is 9.59 Å². The minimum atomic E-state index is -0.682. The summed E-state index contributed by atoms with van der Waals surface area (Å²) in [7, 11) is 0. The molecule has 0 saturated carbocycles.